The van der Waals surface area contributed by atoms with Crippen molar-refractivity contribution in [3.8, 4) is 0 Å². The molecule has 144 valence electrons. The second-order valence-electron chi connectivity index (χ2n) is 7.23. The first-order valence-corrected chi connectivity index (χ1v) is 9.61. The highest BCUT2D eigenvalue weighted by molar-refractivity contribution is 5.94. The number of H-pyrrole nitrogens is 1. The number of amides is 1. The summed E-state index contributed by atoms with van der Waals surface area (Å²) < 4.78 is 0. The van der Waals surface area contributed by atoms with Crippen LogP contribution >= 0.6 is 0 Å². The van der Waals surface area contributed by atoms with Crippen LogP contribution < -0.4 is 5.56 Å². The van der Waals surface area contributed by atoms with Gasteiger partial charge in [0, 0.05) is 23.2 Å². The number of hydrogen-bond donors (Lipinski definition) is 1. The largest absolute Gasteiger partial charge is 0.330 e. The molecule has 1 N–H and O–H groups in total. The zero-order chi connectivity index (χ0) is 20.2. The van der Waals surface area contributed by atoms with Crippen molar-refractivity contribution in [1.82, 2.24) is 9.88 Å². The van der Waals surface area contributed by atoms with Gasteiger partial charge in [0.05, 0.1) is 6.54 Å². The molecule has 0 aliphatic heterocycles. The molecular weight excluding hydrogens is 360 g/mol. The van der Waals surface area contributed by atoms with E-state index in [-0.39, 0.29) is 18.0 Å². The number of aryl methyl sites for hydroxylation is 1. The summed E-state index contributed by atoms with van der Waals surface area (Å²) in [5.41, 5.74) is 3.93. The smallest absolute Gasteiger partial charge is 0.254 e. The molecule has 0 aliphatic carbocycles. The highest BCUT2D eigenvalue weighted by Gasteiger charge is 2.18. The summed E-state index contributed by atoms with van der Waals surface area (Å²) in [4.78, 5) is 30.6. The highest BCUT2D eigenvalue weighted by atomic mass is 16.2. The van der Waals surface area contributed by atoms with E-state index in [0.29, 0.717) is 17.7 Å². The molecule has 0 spiro atoms. The lowest BCUT2D eigenvalue weighted by Gasteiger charge is -2.23. The molecule has 4 heteroatoms. The Kier molecular flexibility index (Phi) is 5.25. The van der Waals surface area contributed by atoms with Gasteiger partial charge in [-0.1, -0.05) is 60.7 Å². The molecule has 0 unspecified atom stereocenters. The van der Waals surface area contributed by atoms with E-state index in [1.165, 1.54) is 0 Å². The van der Waals surface area contributed by atoms with Gasteiger partial charge in [-0.25, -0.2) is 0 Å². The van der Waals surface area contributed by atoms with E-state index in [1.54, 1.807) is 17.0 Å². The van der Waals surface area contributed by atoms with E-state index in [0.717, 1.165) is 22.0 Å². The molecule has 0 saturated carbocycles. The average Bonchev–Trinajstić information content (AvgIpc) is 2.74. The summed E-state index contributed by atoms with van der Waals surface area (Å²) in [5.74, 6) is -0.0992. The van der Waals surface area contributed by atoms with Gasteiger partial charge >= 0.3 is 0 Å². The quantitative estimate of drug-likeness (QED) is 0.545. The third-order valence-electron chi connectivity index (χ3n) is 4.96. The van der Waals surface area contributed by atoms with Crippen LogP contribution in [0, 0.1) is 6.92 Å². The van der Waals surface area contributed by atoms with Crippen molar-refractivity contribution in [3.63, 3.8) is 0 Å². The zero-order valence-electron chi connectivity index (χ0n) is 16.3. The van der Waals surface area contributed by atoms with Gasteiger partial charge in [-0.3, -0.25) is 9.59 Å². The van der Waals surface area contributed by atoms with Crippen molar-refractivity contribution in [2.45, 2.75) is 20.0 Å². The lowest BCUT2D eigenvalue weighted by Crippen LogP contribution is -2.32. The van der Waals surface area contributed by atoms with E-state index >= 15 is 0 Å². The lowest BCUT2D eigenvalue weighted by molar-refractivity contribution is 0.0729. The van der Waals surface area contributed by atoms with E-state index in [1.807, 2.05) is 79.7 Å². The van der Waals surface area contributed by atoms with Crippen molar-refractivity contribution in [3.05, 3.63) is 118 Å². The standard InChI is InChI=1S/C25H22N2O2/c1-18-12-13-21-15-22(24(28)26-23(21)14-18)17-27(16-19-8-4-2-5-9-19)25(29)20-10-6-3-7-11-20/h2-15H,16-17H2,1H3,(H,26,28). The minimum Gasteiger partial charge on any atom is -0.330 e. The molecule has 1 amide bonds. The first-order chi connectivity index (χ1) is 14.1. The number of benzene rings is 3. The number of carbonyl (C=O) groups excluding carboxylic acids is 1. The molecule has 0 atom stereocenters. The first kappa shape index (κ1) is 18.7. The molecule has 4 rings (SSSR count). The van der Waals surface area contributed by atoms with Gasteiger partial charge in [0.1, 0.15) is 0 Å². The maximum atomic E-state index is 13.2. The van der Waals surface area contributed by atoms with Gasteiger partial charge in [-0.05, 0) is 47.7 Å². The van der Waals surface area contributed by atoms with Crippen molar-refractivity contribution in [2.24, 2.45) is 0 Å². The van der Waals surface area contributed by atoms with Gasteiger partial charge in [-0.15, -0.1) is 0 Å². The summed E-state index contributed by atoms with van der Waals surface area (Å²) in [6, 6.07) is 26.8. The number of fused-ring (bicyclic) bond motifs is 1. The highest BCUT2D eigenvalue weighted by Crippen LogP contribution is 2.17. The molecule has 3 aromatic carbocycles. The summed E-state index contributed by atoms with van der Waals surface area (Å²) in [6.07, 6.45) is 0. The molecule has 0 bridgehead atoms. The monoisotopic (exact) mass is 382 g/mol. The Morgan fingerprint density at radius 3 is 2.28 bits per heavy atom. The fourth-order valence-corrected chi connectivity index (χ4v) is 3.45. The number of hydrogen-bond acceptors (Lipinski definition) is 2. The van der Waals surface area contributed by atoms with Crippen LogP contribution in [0.2, 0.25) is 0 Å². The molecule has 0 saturated heterocycles. The lowest BCUT2D eigenvalue weighted by atomic mass is 10.1. The maximum Gasteiger partial charge on any atom is 0.254 e. The maximum absolute atomic E-state index is 13.2. The Labute approximate surface area is 169 Å². The number of carbonyl (C=O) groups is 1. The number of aromatic amines is 1. The predicted molar refractivity (Wildman–Crippen MR) is 116 cm³/mol. The van der Waals surface area contributed by atoms with Crippen LogP contribution in [-0.2, 0) is 13.1 Å². The zero-order valence-corrected chi connectivity index (χ0v) is 16.3. The number of pyridine rings is 1. The Morgan fingerprint density at radius 1 is 0.862 bits per heavy atom. The molecule has 4 aromatic rings. The normalized spacial score (nSPS) is 10.8. The predicted octanol–water partition coefficient (Wildman–Crippen LogP) is 4.68. The second-order valence-corrected chi connectivity index (χ2v) is 7.23. The Morgan fingerprint density at radius 2 is 1.55 bits per heavy atom. The minimum atomic E-state index is -0.165. The third-order valence-corrected chi connectivity index (χ3v) is 4.96. The molecule has 0 radical (unpaired) electrons. The molecule has 1 heterocycles. The van der Waals surface area contributed by atoms with E-state index in [2.05, 4.69) is 4.98 Å². The number of rotatable bonds is 5. The fraction of sp³-hybridized carbons (Fsp3) is 0.120. The molecule has 0 aliphatic rings. The fourth-order valence-electron chi connectivity index (χ4n) is 3.45. The Bertz CT molecular complexity index is 1200. The van der Waals surface area contributed by atoms with Gasteiger partial charge < -0.3 is 9.88 Å². The van der Waals surface area contributed by atoms with E-state index in [4.69, 9.17) is 0 Å². The van der Waals surface area contributed by atoms with Crippen molar-refractivity contribution in [1.29, 1.82) is 0 Å². The number of nitrogens with zero attached hydrogens (tertiary/aromatic N) is 1. The molecule has 0 fully saturated rings. The summed E-state index contributed by atoms with van der Waals surface area (Å²) in [7, 11) is 0. The van der Waals surface area contributed by atoms with Gasteiger partial charge in [0.2, 0.25) is 0 Å². The Hall–Kier alpha value is -3.66. The van der Waals surface area contributed by atoms with Crippen LogP contribution in [0.1, 0.15) is 27.0 Å². The minimum absolute atomic E-state index is 0.0992. The summed E-state index contributed by atoms with van der Waals surface area (Å²) in [6.45, 7) is 2.66. The van der Waals surface area contributed by atoms with E-state index in [9.17, 15) is 9.59 Å². The summed E-state index contributed by atoms with van der Waals surface area (Å²) in [5, 5.41) is 0.956. The van der Waals surface area contributed by atoms with Crippen LogP contribution in [0.4, 0.5) is 0 Å². The van der Waals surface area contributed by atoms with Crippen molar-refractivity contribution in [2.75, 3.05) is 0 Å². The van der Waals surface area contributed by atoms with Gasteiger partial charge in [0.25, 0.3) is 11.5 Å². The van der Waals surface area contributed by atoms with Gasteiger partial charge in [0.15, 0.2) is 0 Å². The van der Waals surface area contributed by atoms with Crippen molar-refractivity contribution < 1.29 is 4.79 Å². The average molecular weight is 382 g/mol. The second kappa shape index (κ2) is 8.15. The van der Waals surface area contributed by atoms with Crippen LogP contribution in [0.5, 0.6) is 0 Å². The molecule has 1 aromatic heterocycles. The molecule has 4 nitrogen and oxygen atoms in total. The van der Waals surface area contributed by atoms with Crippen LogP contribution in [0.3, 0.4) is 0 Å². The molecular formula is C25H22N2O2. The van der Waals surface area contributed by atoms with Crippen LogP contribution in [0.25, 0.3) is 10.9 Å². The number of nitrogens with one attached hydrogen (secondary N) is 1. The Balaban J connectivity index is 1.70. The topological polar surface area (TPSA) is 53.2 Å². The number of aromatic nitrogens is 1. The van der Waals surface area contributed by atoms with Crippen LogP contribution in [0.15, 0.2) is 89.7 Å². The van der Waals surface area contributed by atoms with Gasteiger partial charge in [-0.2, -0.15) is 0 Å². The van der Waals surface area contributed by atoms with Crippen LogP contribution in [-0.4, -0.2) is 15.8 Å². The first-order valence-electron chi connectivity index (χ1n) is 9.61. The van der Waals surface area contributed by atoms with Crippen molar-refractivity contribution >= 4 is 16.8 Å². The summed E-state index contributed by atoms with van der Waals surface area (Å²) >= 11 is 0. The SMILES string of the molecule is Cc1ccc2cc(CN(Cc3ccccc3)C(=O)c3ccccc3)c(=O)[nH]c2c1. The molecule has 29 heavy (non-hydrogen) atoms. The third kappa shape index (κ3) is 4.27. The van der Waals surface area contributed by atoms with E-state index < -0.39 is 0 Å².